The van der Waals surface area contributed by atoms with Crippen molar-refractivity contribution in [1.82, 2.24) is 9.58 Å². The number of fused-ring (bicyclic) bond motifs is 1. The highest BCUT2D eigenvalue weighted by Crippen LogP contribution is 2.25. The number of esters is 1. The third-order valence-corrected chi connectivity index (χ3v) is 9.24. The van der Waals surface area contributed by atoms with E-state index in [1.165, 1.54) is 11.3 Å². The maximum atomic E-state index is 13.3. The van der Waals surface area contributed by atoms with Gasteiger partial charge in [-0.3, -0.25) is 14.6 Å². The molecule has 2 heterocycles. The molecule has 0 bridgehead atoms. The molecule has 0 aliphatic carbocycles. The third kappa shape index (κ3) is 7.70. The molecule has 1 fully saturated rings. The van der Waals surface area contributed by atoms with Crippen molar-refractivity contribution in [2.75, 3.05) is 12.3 Å². The normalized spacial score (nSPS) is 17.0. The number of carbonyl (C=O) groups excluding carboxylic acids is 2. The fourth-order valence-electron chi connectivity index (χ4n) is 4.59. The molecule has 1 aliphatic heterocycles. The van der Waals surface area contributed by atoms with E-state index in [2.05, 4.69) is 0 Å². The molecule has 4 rings (SSSR count). The number of halogens is 1. The highest BCUT2D eigenvalue weighted by Gasteiger charge is 2.29. The summed E-state index contributed by atoms with van der Waals surface area (Å²) in [5.41, 5.74) is -0.592. The topological polar surface area (TPSA) is 98.0 Å². The number of Topliss-reactive ketones (excluding diaryl/α,β-unsaturated/α-hetero) is 1. The first-order valence-corrected chi connectivity index (χ1v) is 15.8. The van der Waals surface area contributed by atoms with E-state index in [1.54, 1.807) is 46.0 Å². The lowest BCUT2D eigenvalue weighted by atomic mass is 9.99. The number of nitrogens with zero attached hydrogens (tertiary/aromatic N) is 3. The van der Waals surface area contributed by atoms with Crippen LogP contribution in [0.15, 0.2) is 52.6 Å². The van der Waals surface area contributed by atoms with Crippen molar-refractivity contribution in [2.24, 2.45) is 5.10 Å². The van der Waals surface area contributed by atoms with E-state index >= 15 is 0 Å². The Kier molecular flexibility index (Phi) is 8.88. The molecule has 39 heavy (non-hydrogen) atoms. The molecule has 1 aromatic heterocycles. The highest BCUT2D eigenvalue weighted by atomic mass is 35.5. The van der Waals surface area contributed by atoms with Crippen LogP contribution in [-0.4, -0.2) is 53.7 Å². The zero-order chi connectivity index (χ0) is 28.4. The zero-order valence-corrected chi connectivity index (χ0v) is 25.0. The second kappa shape index (κ2) is 11.8. The number of rotatable bonds is 8. The smallest absolute Gasteiger partial charge is 0.326 e. The van der Waals surface area contributed by atoms with Crippen molar-refractivity contribution >= 4 is 55.3 Å². The van der Waals surface area contributed by atoms with E-state index in [0.717, 1.165) is 28.5 Å². The fourth-order valence-corrected chi connectivity index (χ4v) is 6.90. The molecule has 0 amide bonds. The van der Waals surface area contributed by atoms with Gasteiger partial charge in [0.15, 0.2) is 15.6 Å². The third-order valence-electron chi connectivity index (χ3n) is 6.37. The summed E-state index contributed by atoms with van der Waals surface area (Å²) < 4.78 is 33.4. The van der Waals surface area contributed by atoms with Gasteiger partial charge in [-0.15, -0.1) is 16.4 Å². The predicted molar refractivity (Wildman–Crippen MR) is 153 cm³/mol. The van der Waals surface area contributed by atoms with Crippen LogP contribution in [0.3, 0.4) is 0 Å². The average Bonchev–Trinajstić information content (AvgIpc) is 3.19. The molecular formula is C28H34ClN3O5S2. The van der Waals surface area contributed by atoms with Gasteiger partial charge in [0.05, 0.1) is 10.6 Å². The number of benzene rings is 2. The quantitative estimate of drug-likeness (QED) is 0.338. The second-order valence-corrected chi connectivity index (χ2v) is 14.6. The van der Waals surface area contributed by atoms with E-state index in [0.29, 0.717) is 22.8 Å². The molecule has 11 heteroatoms. The Balaban J connectivity index is 1.49. The van der Waals surface area contributed by atoms with Crippen molar-refractivity contribution in [1.29, 1.82) is 0 Å². The van der Waals surface area contributed by atoms with Crippen LogP contribution in [0.4, 0.5) is 0 Å². The molecule has 0 N–H and O–H groups in total. The zero-order valence-electron chi connectivity index (χ0n) is 22.6. The van der Waals surface area contributed by atoms with Crippen molar-refractivity contribution in [3.05, 3.63) is 57.3 Å². The lowest BCUT2D eigenvalue weighted by Crippen LogP contribution is -2.43. The van der Waals surface area contributed by atoms with Gasteiger partial charge in [0, 0.05) is 29.1 Å². The molecule has 0 radical (unpaired) electrons. The van der Waals surface area contributed by atoms with Crippen LogP contribution in [0.1, 0.15) is 51.3 Å². The molecule has 1 aliphatic rings. The maximum Gasteiger partial charge on any atom is 0.326 e. The van der Waals surface area contributed by atoms with Gasteiger partial charge in [-0.1, -0.05) is 23.7 Å². The van der Waals surface area contributed by atoms with Gasteiger partial charge < -0.3 is 9.30 Å². The van der Waals surface area contributed by atoms with Crippen LogP contribution in [0.25, 0.3) is 10.8 Å². The number of hydrogen-bond acceptors (Lipinski definition) is 8. The fraction of sp³-hybridized carbons (Fsp3) is 0.464. The van der Waals surface area contributed by atoms with Gasteiger partial charge >= 0.3 is 5.97 Å². The first kappa shape index (κ1) is 29.3. The summed E-state index contributed by atoms with van der Waals surface area (Å²) in [6.45, 7) is 7.99. The number of hydrogen-bond donors (Lipinski definition) is 0. The van der Waals surface area contributed by atoms with Gasteiger partial charge in [-0.25, -0.2) is 8.42 Å². The Hall–Kier alpha value is -2.69. The number of sulfone groups is 1. The average molecular weight is 592 g/mol. The summed E-state index contributed by atoms with van der Waals surface area (Å²) in [4.78, 5) is 27.5. The first-order valence-electron chi connectivity index (χ1n) is 13.0. The summed E-state index contributed by atoms with van der Waals surface area (Å²) in [7, 11) is -3.66. The number of carbonyl (C=O) groups is 2. The largest absolute Gasteiger partial charge is 0.459 e. The second-order valence-electron chi connectivity index (χ2n) is 10.8. The monoisotopic (exact) mass is 591 g/mol. The molecule has 0 saturated carbocycles. The highest BCUT2D eigenvalue weighted by molar-refractivity contribution is 7.91. The van der Waals surface area contributed by atoms with Gasteiger partial charge in [-0.2, -0.15) is 0 Å². The van der Waals surface area contributed by atoms with Gasteiger partial charge in [0.1, 0.15) is 18.2 Å². The molecule has 1 unspecified atom stereocenters. The van der Waals surface area contributed by atoms with Crippen molar-refractivity contribution in [3.63, 3.8) is 0 Å². The lowest BCUT2D eigenvalue weighted by Gasteiger charge is -2.32. The minimum Gasteiger partial charge on any atom is -0.459 e. The molecule has 8 nitrogen and oxygen atoms in total. The summed E-state index contributed by atoms with van der Waals surface area (Å²) in [5, 5.41) is 8.73. The SMILES string of the molecule is Cc1cn(CC(=O)OC(C)(C)C)/c(=N/N2CCCCC2C(=O)CCS(=O)(=O)c2ccc3cc(Cl)ccc3c2)s1. The lowest BCUT2D eigenvalue weighted by molar-refractivity contribution is -0.155. The van der Waals surface area contributed by atoms with Gasteiger partial charge in [-0.05, 0) is 82.0 Å². The van der Waals surface area contributed by atoms with Crippen LogP contribution < -0.4 is 4.80 Å². The minimum absolute atomic E-state index is 0.0170. The van der Waals surface area contributed by atoms with Crippen LogP contribution in [0.5, 0.6) is 0 Å². The summed E-state index contributed by atoms with van der Waals surface area (Å²) in [5.74, 6) is -0.789. The van der Waals surface area contributed by atoms with Gasteiger partial charge in [0.25, 0.3) is 0 Å². The number of aryl methyl sites for hydroxylation is 1. The molecule has 1 atom stereocenters. The number of ether oxygens (including phenoxy) is 1. The summed E-state index contributed by atoms with van der Waals surface area (Å²) >= 11 is 7.47. The van der Waals surface area contributed by atoms with Crippen molar-refractivity contribution in [2.45, 2.75) is 76.5 Å². The Labute approximate surface area is 238 Å². The number of thiazole rings is 1. The molecule has 3 aromatic rings. The van der Waals surface area contributed by atoms with E-state index < -0.39 is 21.5 Å². The maximum absolute atomic E-state index is 13.3. The summed E-state index contributed by atoms with van der Waals surface area (Å²) in [6.07, 6.45) is 4.10. The predicted octanol–water partition coefficient (Wildman–Crippen LogP) is 5.11. The van der Waals surface area contributed by atoms with E-state index in [9.17, 15) is 18.0 Å². The molecular weight excluding hydrogens is 558 g/mol. The van der Waals surface area contributed by atoms with Crippen molar-refractivity contribution in [3.8, 4) is 0 Å². The Morgan fingerprint density at radius 2 is 1.85 bits per heavy atom. The Morgan fingerprint density at radius 3 is 2.59 bits per heavy atom. The van der Waals surface area contributed by atoms with E-state index in [1.807, 2.05) is 33.9 Å². The van der Waals surface area contributed by atoms with Crippen LogP contribution in [-0.2, 0) is 30.7 Å². The minimum atomic E-state index is -3.66. The molecule has 2 aromatic carbocycles. The number of piperidine rings is 1. The van der Waals surface area contributed by atoms with E-state index in [-0.39, 0.29) is 35.4 Å². The standard InChI is InChI=1S/C28H34ClN3O5S2/c1-19-17-31(18-26(34)37-28(2,3)4)27(38-19)30-32-13-6-5-7-24(32)25(33)12-14-39(35,36)23-11-9-20-15-22(29)10-8-21(20)16-23/h8-11,15-17,24H,5-7,12-14,18H2,1-4H3/b30-27-. The summed E-state index contributed by atoms with van der Waals surface area (Å²) in [6, 6.07) is 9.68. The van der Waals surface area contributed by atoms with Crippen LogP contribution in [0.2, 0.25) is 5.02 Å². The van der Waals surface area contributed by atoms with Crippen LogP contribution in [0, 0.1) is 6.92 Å². The first-order chi connectivity index (χ1) is 18.3. The molecule has 0 spiro atoms. The number of ketones is 1. The van der Waals surface area contributed by atoms with Crippen molar-refractivity contribution < 1.29 is 22.7 Å². The number of aromatic nitrogens is 1. The Bertz CT molecular complexity index is 1550. The molecule has 1 saturated heterocycles. The molecule has 210 valence electrons. The van der Waals surface area contributed by atoms with Crippen LogP contribution >= 0.6 is 22.9 Å². The van der Waals surface area contributed by atoms with Gasteiger partial charge in [0.2, 0.25) is 4.80 Å². The Morgan fingerprint density at radius 1 is 1.13 bits per heavy atom. The van der Waals surface area contributed by atoms with E-state index in [4.69, 9.17) is 21.4 Å².